The molecule has 0 heterocycles. The lowest BCUT2D eigenvalue weighted by Gasteiger charge is -2.50. The van der Waals surface area contributed by atoms with Crippen LogP contribution in [0.3, 0.4) is 0 Å². The molecule has 1 atom stereocenters. The Hall–Kier alpha value is -1.06. The molecule has 2 aliphatic carbocycles. The van der Waals surface area contributed by atoms with E-state index < -0.39 is 0 Å². The molecule has 3 heteroatoms. The van der Waals surface area contributed by atoms with E-state index in [9.17, 15) is 0 Å². The molecule has 0 bridgehead atoms. The van der Waals surface area contributed by atoms with Crippen LogP contribution in [0, 0.1) is 0 Å². The number of fused-ring (bicyclic) bond motifs is 1. The van der Waals surface area contributed by atoms with Crippen molar-refractivity contribution < 1.29 is 4.74 Å². The van der Waals surface area contributed by atoms with Crippen LogP contribution in [-0.4, -0.2) is 37.2 Å². The maximum absolute atomic E-state index is 6.21. The number of aryl methyl sites for hydroxylation is 1. The molecule has 1 saturated carbocycles. The topological polar surface area (TPSA) is 38.5 Å². The number of hydrogen-bond acceptors (Lipinski definition) is 3. The molecule has 110 valence electrons. The highest BCUT2D eigenvalue weighted by molar-refractivity contribution is 5.39. The van der Waals surface area contributed by atoms with Gasteiger partial charge in [-0.3, -0.25) is 4.90 Å². The summed E-state index contributed by atoms with van der Waals surface area (Å²) in [7, 11) is 4.02. The van der Waals surface area contributed by atoms with Crippen molar-refractivity contribution in [2.24, 2.45) is 5.73 Å². The summed E-state index contributed by atoms with van der Waals surface area (Å²) < 4.78 is 5.38. The van der Waals surface area contributed by atoms with Crippen LogP contribution >= 0.6 is 0 Å². The van der Waals surface area contributed by atoms with E-state index in [4.69, 9.17) is 10.5 Å². The van der Waals surface area contributed by atoms with Crippen LogP contribution in [0.25, 0.3) is 0 Å². The van der Waals surface area contributed by atoms with Gasteiger partial charge >= 0.3 is 0 Å². The molecule has 1 fully saturated rings. The number of hydrogen-bond donors (Lipinski definition) is 1. The van der Waals surface area contributed by atoms with Gasteiger partial charge in [-0.15, -0.1) is 0 Å². The molecule has 0 aromatic heterocycles. The third-order valence-corrected chi connectivity index (χ3v) is 5.54. The van der Waals surface area contributed by atoms with Crippen molar-refractivity contribution in [3.05, 3.63) is 29.3 Å². The van der Waals surface area contributed by atoms with E-state index in [0.717, 1.165) is 31.2 Å². The number of ether oxygens (including phenoxy) is 1. The zero-order chi connectivity index (χ0) is 14.2. The van der Waals surface area contributed by atoms with Crippen LogP contribution in [0.5, 0.6) is 5.75 Å². The first-order chi connectivity index (χ1) is 9.68. The predicted octanol–water partition coefficient (Wildman–Crippen LogP) is 2.37. The number of benzene rings is 1. The SMILES string of the molecule is COc1ccc2c(c1)CC(CN)(N(C)C1CCC1)CC2. The number of methoxy groups -OCH3 is 1. The van der Waals surface area contributed by atoms with Crippen LogP contribution in [-0.2, 0) is 12.8 Å². The Morgan fingerprint density at radius 3 is 2.75 bits per heavy atom. The molecule has 0 radical (unpaired) electrons. The van der Waals surface area contributed by atoms with Crippen molar-refractivity contribution in [1.82, 2.24) is 4.90 Å². The second-order valence-electron chi connectivity index (χ2n) is 6.44. The van der Waals surface area contributed by atoms with Gasteiger partial charge in [-0.25, -0.2) is 0 Å². The fourth-order valence-electron chi connectivity index (χ4n) is 3.73. The summed E-state index contributed by atoms with van der Waals surface area (Å²) in [5.74, 6) is 0.961. The second kappa shape index (κ2) is 5.38. The van der Waals surface area contributed by atoms with Gasteiger partial charge in [0.2, 0.25) is 0 Å². The standard InChI is InChI=1S/C17H26N2O/c1-19(15-4-3-5-15)17(12-18)9-8-13-6-7-16(20-2)10-14(13)11-17/h6-7,10,15H,3-5,8-9,11-12,18H2,1-2H3. The second-order valence-corrected chi connectivity index (χ2v) is 6.44. The quantitative estimate of drug-likeness (QED) is 0.916. The number of likely N-dealkylation sites (N-methyl/N-ethyl adjacent to an activating group) is 1. The van der Waals surface area contributed by atoms with E-state index in [1.807, 2.05) is 0 Å². The molecule has 2 N–H and O–H groups in total. The Bertz CT molecular complexity index is 484. The fraction of sp³-hybridized carbons (Fsp3) is 0.647. The summed E-state index contributed by atoms with van der Waals surface area (Å²) >= 11 is 0. The van der Waals surface area contributed by atoms with Crippen LogP contribution in [0.2, 0.25) is 0 Å². The average molecular weight is 274 g/mol. The number of nitrogens with two attached hydrogens (primary N) is 1. The maximum atomic E-state index is 6.21. The van der Waals surface area contributed by atoms with Crippen LogP contribution in [0.15, 0.2) is 18.2 Å². The minimum absolute atomic E-state index is 0.143. The van der Waals surface area contributed by atoms with E-state index in [1.54, 1.807) is 7.11 Å². The largest absolute Gasteiger partial charge is 0.497 e. The minimum atomic E-state index is 0.143. The van der Waals surface area contributed by atoms with E-state index in [2.05, 4.69) is 30.1 Å². The van der Waals surface area contributed by atoms with Crippen molar-refractivity contribution in [3.63, 3.8) is 0 Å². The van der Waals surface area contributed by atoms with Crippen LogP contribution in [0.4, 0.5) is 0 Å². The molecular formula is C17H26N2O. The molecule has 3 nitrogen and oxygen atoms in total. The maximum Gasteiger partial charge on any atom is 0.119 e. The van der Waals surface area contributed by atoms with Gasteiger partial charge in [-0.1, -0.05) is 12.5 Å². The van der Waals surface area contributed by atoms with Crippen molar-refractivity contribution in [3.8, 4) is 5.75 Å². The highest BCUT2D eigenvalue weighted by Crippen LogP contribution is 2.38. The van der Waals surface area contributed by atoms with Crippen molar-refractivity contribution >= 4 is 0 Å². The average Bonchev–Trinajstić information content (AvgIpc) is 2.44. The molecule has 20 heavy (non-hydrogen) atoms. The van der Waals surface area contributed by atoms with E-state index in [0.29, 0.717) is 0 Å². The van der Waals surface area contributed by atoms with Gasteiger partial charge in [0, 0.05) is 18.1 Å². The molecule has 0 amide bonds. The summed E-state index contributed by atoms with van der Waals surface area (Å²) in [5, 5.41) is 0. The lowest BCUT2D eigenvalue weighted by molar-refractivity contribution is 0.0281. The van der Waals surface area contributed by atoms with Gasteiger partial charge in [-0.2, -0.15) is 0 Å². The smallest absolute Gasteiger partial charge is 0.119 e. The molecule has 0 saturated heterocycles. The minimum Gasteiger partial charge on any atom is -0.497 e. The van der Waals surface area contributed by atoms with E-state index in [1.165, 1.54) is 36.8 Å². The Morgan fingerprint density at radius 1 is 1.35 bits per heavy atom. The van der Waals surface area contributed by atoms with Crippen molar-refractivity contribution in [1.29, 1.82) is 0 Å². The third-order valence-electron chi connectivity index (χ3n) is 5.54. The summed E-state index contributed by atoms with van der Waals surface area (Å²) in [6, 6.07) is 7.24. The van der Waals surface area contributed by atoms with Gasteiger partial charge in [0.05, 0.1) is 7.11 Å². The normalized spacial score (nSPS) is 26.2. The first-order valence-electron chi connectivity index (χ1n) is 7.77. The van der Waals surface area contributed by atoms with Crippen LogP contribution in [0.1, 0.15) is 36.8 Å². The van der Waals surface area contributed by atoms with Gasteiger partial charge in [-0.05, 0) is 62.4 Å². The summed E-state index contributed by atoms with van der Waals surface area (Å²) in [5.41, 5.74) is 9.25. The summed E-state index contributed by atoms with van der Waals surface area (Å²) in [6.07, 6.45) is 7.42. The van der Waals surface area contributed by atoms with Gasteiger partial charge in [0.1, 0.15) is 5.75 Å². The van der Waals surface area contributed by atoms with Gasteiger partial charge in [0.25, 0.3) is 0 Å². The molecule has 2 aliphatic rings. The van der Waals surface area contributed by atoms with E-state index in [-0.39, 0.29) is 5.54 Å². The molecule has 0 spiro atoms. The highest BCUT2D eigenvalue weighted by atomic mass is 16.5. The molecule has 1 aromatic carbocycles. The Labute approximate surface area is 122 Å². The molecule has 0 aliphatic heterocycles. The zero-order valence-electron chi connectivity index (χ0n) is 12.7. The Morgan fingerprint density at radius 2 is 2.15 bits per heavy atom. The monoisotopic (exact) mass is 274 g/mol. The fourth-order valence-corrected chi connectivity index (χ4v) is 3.73. The third kappa shape index (κ3) is 2.23. The number of nitrogens with zero attached hydrogens (tertiary/aromatic N) is 1. The lowest BCUT2D eigenvalue weighted by Crippen LogP contribution is -2.60. The Kier molecular flexibility index (Phi) is 3.74. The summed E-state index contributed by atoms with van der Waals surface area (Å²) in [6.45, 7) is 0.747. The number of rotatable bonds is 4. The highest BCUT2D eigenvalue weighted by Gasteiger charge is 2.41. The van der Waals surface area contributed by atoms with E-state index >= 15 is 0 Å². The van der Waals surface area contributed by atoms with Crippen molar-refractivity contribution in [2.45, 2.75) is 50.1 Å². The van der Waals surface area contributed by atoms with Crippen molar-refractivity contribution in [2.75, 3.05) is 20.7 Å². The molecule has 1 aromatic rings. The first kappa shape index (κ1) is 13.9. The first-order valence-corrected chi connectivity index (χ1v) is 7.77. The van der Waals surface area contributed by atoms with Gasteiger partial charge in [0.15, 0.2) is 0 Å². The van der Waals surface area contributed by atoms with Gasteiger partial charge < -0.3 is 10.5 Å². The predicted molar refractivity (Wildman–Crippen MR) is 82.2 cm³/mol. The molecular weight excluding hydrogens is 248 g/mol. The summed E-state index contributed by atoms with van der Waals surface area (Å²) in [4.78, 5) is 2.58. The molecule has 1 unspecified atom stereocenters. The Balaban J connectivity index is 1.87. The zero-order valence-corrected chi connectivity index (χ0v) is 12.7. The van der Waals surface area contributed by atoms with Crippen LogP contribution < -0.4 is 10.5 Å². The molecule has 3 rings (SSSR count). The lowest BCUT2D eigenvalue weighted by atomic mass is 9.74.